The second kappa shape index (κ2) is 6.77. The lowest BCUT2D eigenvalue weighted by Gasteiger charge is -2.05. The number of benzene rings is 2. The minimum absolute atomic E-state index is 0.0413. The molecule has 0 radical (unpaired) electrons. The Morgan fingerprint density at radius 2 is 1.79 bits per heavy atom. The van der Waals surface area contributed by atoms with Gasteiger partial charge in [-0.2, -0.15) is 5.10 Å². The van der Waals surface area contributed by atoms with Crippen molar-refractivity contribution < 1.29 is 18.6 Å². The summed E-state index contributed by atoms with van der Waals surface area (Å²) in [5, 5.41) is 25.4. The Bertz CT molecular complexity index is 855. The number of nitro benzene ring substituents is 2. The fourth-order valence-electron chi connectivity index (χ4n) is 1.86. The van der Waals surface area contributed by atoms with Gasteiger partial charge in [-0.15, -0.1) is 0 Å². The zero-order valence-corrected chi connectivity index (χ0v) is 12.2. The van der Waals surface area contributed by atoms with E-state index in [0.29, 0.717) is 0 Å². The summed E-state index contributed by atoms with van der Waals surface area (Å²) in [6.07, 6.45) is 0. The van der Waals surface area contributed by atoms with Crippen LogP contribution in [0.15, 0.2) is 41.5 Å². The summed E-state index contributed by atoms with van der Waals surface area (Å²) in [5.74, 6) is -1.38. The topological polar surface area (TPSA) is 111 Å². The average Bonchev–Trinajstić information content (AvgIpc) is 2.54. The van der Waals surface area contributed by atoms with Gasteiger partial charge in [-0.05, 0) is 31.2 Å². The number of nitrogens with zero attached hydrogens (tertiary/aromatic N) is 3. The molecule has 0 aromatic heterocycles. The Hall–Kier alpha value is -3.43. The number of rotatable bonds is 5. The highest BCUT2D eigenvalue weighted by atomic mass is 19.1. The highest BCUT2D eigenvalue weighted by Gasteiger charge is 2.19. The number of hydrogen-bond acceptors (Lipinski definition) is 6. The zero-order chi connectivity index (χ0) is 17.9. The van der Waals surface area contributed by atoms with E-state index >= 15 is 0 Å². The molecule has 0 fully saturated rings. The lowest BCUT2D eigenvalue weighted by Crippen LogP contribution is -2.04. The van der Waals surface area contributed by atoms with E-state index in [4.69, 9.17) is 0 Å². The quantitative estimate of drug-likeness (QED) is 0.509. The van der Waals surface area contributed by atoms with Crippen LogP contribution in [0.2, 0.25) is 0 Å². The summed E-state index contributed by atoms with van der Waals surface area (Å²) >= 11 is 0. The highest BCUT2D eigenvalue weighted by molar-refractivity contribution is 5.99. The predicted molar refractivity (Wildman–Crippen MR) is 81.9 cm³/mol. The van der Waals surface area contributed by atoms with Crippen LogP contribution in [0.4, 0.5) is 25.8 Å². The SMILES string of the molecule is C/C(=N/Nc1ccc([N+](=O)[O-])cc1[N+](=O)[O-])c1cc(F)ccc1F. The molecule has 0 atom stereocenters. The third-order valence-electron chi connectivity index (χ3n) is 3.05. The molecular weight excluding hydrogens is 326 g/mol. The molecule has 0 saturated heterocycles. The molecule has 2 aromatic carbocycles. The molecule has 24 heavy (non-hydrogen) atoms. The number of hydrogen-bond donors (Lipinski definition) is 1. The van der Waals surface area contributed by atoms with Crippen LogP contribution in [-0.2, 0) is 0 Å². The molecule has 0 spiro atoms. The second-order valence-electron chi connectivity index (χ2n) is 4.65. The van der Waals surface area contributed by atoms with Crippen molar-refractivity contribution in [3.05, 3.63) is 73.8 Å². The van der Waals surface area contributed by atoms with E-state index in [2.05, 4.69) is 10.5 Å². The van der Waals surface area contributed by atoms with Gasteiger partial charge < -0.3 is 0 Å². The Labute approximate surface area is 133 Å². The van der Waals surface area contributed by atoms with Gasteiger partial charge in [0.05, 0.1) is 21.6 Å². The van der Waals surface area contributed by atoms with Gasteiger partial charge >= 0.3 is 5.69 Å². The first kappa shape index (κ1) is 16.9. The zero-order valence-electron chi connectivity index (χ0n) is 12.2. The molecule has 0 unspecified atom stereocenters. The fraction of sp³-hybridized carbons (Fsp3) is 0.0714. The molecule has 0 amide bonds. The lowest BCUT2D eigenvalue weighted by molar-refractivity contribution is -0.393. The van der Waals surface area contributed by atoms with Gasteiger partial charge in [-0.25, -0.2) is 8.78 Å². The molecule has 2 rings (SSSR count). The first-order chi connectivity index (χ1) is 11.3. The smallest absolute Gasteiger partial charge is 0.271 e. The maximum Gasteiger partial charge on any atom is 0.301 e. The minimum atomic E-state index is -0.817. The normalized spacial score (nSPS) is 11.2. The number of anilines is 1. The largest absolute Gasteiger partial charge is 0.301 e. The lowest BCUT2D eigenvalue weighted by atomic mass is 10.1. The molecular formula is C14H10F2N4O4. The van der Waals surface area contributed by atoms with Crippen molar-refractivity contribution in [1.82, 2.24) is 0 Å². The summed E-state index contributed by atoms with van der Waals surface area (Å²) < 4.78 is 26.8. The van der Waals surface area contributed by atoms with Crippen LogP contribution in [0.5, 0.6) is 0 Å². The number of non-ortho nitro benzene ring substituents is 1. The Morgan fingerprint density at radius 3 is 2.42 bits per heavy atom. The standard InChI is InChI=1S/C14H10F2N4O4/c1-8(11-6-9(15)2-4-12(11)16)17-18-13-5-3-10(19(21)22)7-14(13)20(23)24/h2-7,18H,1H3/b17-8-. The molecule has 10 heteroatoms. The molecule has 0 heterocycles. The minimum Gasteiger partial charge on any atom is -0.271 e. The maximum absolute atomic E-state index is 13.6. The summed E-state index contributed by atoms with van der Waals surface area (Å²) in [6, 6.07) is 5.74. The van der Waals surface area contributed by atoms with E-state index in [1.807, 2.05) is 0 Å². The molecule has 0 aliphatic rings. The molecule has 0 saturated carbocycles. The van der Waals surface area contributed by atoms with Crippen molar-refractivity contribution in [2.75, 3.05) is 5.43 Å². The molecule has 1 N–H and O–H groups in total. The van der Waals surface area contributed by atoms with Gasteiger partial charge in [0, 0.05) is 11.6 Å². The van der Waals surface area contributed by atoms with Crippen LogP contribution in [0.25, 0.3) is 0 Å². The monoisotopic (exact) mass is 336 g/mol. The van der Waals surface area contributed by atoms with Crippen molar-refractivity contribution in [3.8, 4) is 0 Å². The Kier molecular flexibility index (Phi) is 4.78. The van der Waals surface area contributed by atoms with Crippen molar-refractivity contribution in [1.29, 1.82) is 0 Å². The van der Waals surface area contributed by atoms with Crippen molar-refractivity contribution in [2.24, 2.45) is 5.10 Å². The van der Waals surface area contributed by atoms with Crippen molar-refractivity contribution in [2.45, 2.75) is 6.92 Å². The van der Waals surface area contributed by atoms with E-state index in [1.165, 1.54) is 6.92 Å². The third-order valence-corrected chi connectivity index (χ3v) is 3.05. The number of nitrogens with one attached hydrogen (secondary N) is 1. The van der Waals surface area contributed by atoms with E-state index in [0.717, 1.165) is 36.4 Å². The summed E-state index contributed by atoms with van der Waals surface area (Å²) in [7, 11) is 0. The van der Waals surface area contributed by atoms with E-state index in [9.17, 15) is 29.0 Å². The van der Waals surface area contributed by atoms with Crippen LogP contribution in [0.1, 0.15) is 12.5 Å². The second-order valence-corrected chi connectivity index (χ2v) is 4.65. The molecule has 0 aliphatic carbocycles. The van der Waals surface area contributed by atoms with Gasteiger partial charge in [-0.3, -0.25) is 25.7 Å². The highest BCUT2D eigenvalue weighted by Crippen LogP contribution is 2.29. The number of halogens is 2. The Morgan fingerprint density at radius 1 is 1.08 bits per heavy atom. The molecule has 0 aliphatic heterocycles. The molecule has 2 aromatic rings. The van der Waals surface area contributed by atoms with Crippen LogP contribution in [0, 0.1) is 31.9 Å². The van der Waals surface area contributed by atoms with Gasteiger partial charge in [0.25, 0.3) is 5.69 Å². The first-order valence-electron chi connectivity index (χ1n) is 6.48. The van der Waals surface area contributed by atoms with Gasteiger partial charge in [0.1, 0.15) is 17.3 Å². The van der Waals surface area contributed by atoms with Gasteiger partial charge in [0.2, 0.25) is 0 Å². The number of nitro groups is 2. The maximum atomic E-state index is 13.6. The van der Waals surface area contributed by atoms with E-state index in [1.54, 1.807) is 0 Å². The van der Waals surface area contributed by atoms with Crippen molar-refractivity contribution in [3.63, 3.8) is 0 Å². The predicted octanol–water partition coefficient (Wildman–Crippen LogP) is 3.62. The van der Waals surface area contributed by atoms with Crippen LogP contribution in [0.3, 0.4) is 0 Å². The summed E-state index contributed by atoms with van der Waals surface area (Å²) in [5.41, 5.74) is 1.12. The molecule has 0 bridgehead atoms. The van der Waals surface area contributed by atoms with Crippen LogP contribution >= 0.6 is 0 Å². The van der Waals surface area contributed by atoms with Crippen LogP contribution in [-0.4, -0.2) is 15.6 Å². The van der Waals surface area contributed by atoms with Crippen LogP contribution < -0.4 is 5.43 Å². The first-order valence-corrected chi connectivity index (χ1v) is 6.48. The molecule has 8 nitrogen and oxygen atoms in total. The van der Waals surface area contributed by atoms with E-state index in [-0.39, 0.29) is 17.0 Å². The average molecular weight is 336 g/mol. The fourth-order valence-corrected chi connectivity index (χ4v) is 1.86. The number of hydrazone groups is 1. The molecule has 124 valence electrons. The van der Waals surface area contributed by atoms with E-state index < -0.39 is 32.9 Å². The Balaban J connectivity index is 2.35. The van der Waals surface area contributed by atoms with Gasteiger partial charge in [0.15, 0.2) is 0 Å². The summed E-state index contributed by atoms with van der Waals surface area (Å²) in [6.45, 7) is 1.38. The third kappa shape index (κ3) is 3.66. The van der Waals surface area contributed by atoms with Crippen molar-refractivity contribution >= 4 is 22.8 Å². The summed E-state index contributed by atoms with van der Waals surface area (Å²) in [4.78, 5) is 20.1. The van der Waals surface area contributed by atoms with Gasteiger partial charge in [-0.1, -0.05) is 0 Å².